The molecule has 0 bridgehead atoms. The molecule has 0 aromatic carbocycles. The molecule has 0 aliphatic rings. The van der Waals surface area contributed by atoms with Crippen molar-refractivity contribution in [3.8, 4) is 0 Å². The van der Waals surface area contributed by atoms with E-state index in [1.807, 2.05) is 11.0 Å². The smallest absolute Gasteiger partial charge is 0.153 e. The fourth-order valence-corrected chi connectivity index (χ4v) is 1.13. The lowest BCUT2D eigenvalue weighted by Gasteiger charge is -2.08. The van der Waals surface area contributed by atoms with Crippen molar-refractivity contribution in [2.75, 3.05) is 20.6 Å². The van der Waals surface area contributed by atoms with Crippen molar-refractivity contribution >= 4 is 0 Å². The van der Waals surface area contributed by atoms with Crippen molar-refractivity contribution < 1.29 is 0 Å². The number of nitrogens with zero attached hydrogens (tertiary/aromatic N) is 4. The first-order valence-corrected chi connectivity index (χ1v) is 5.17. The second-order valence-corrected chi connectivity index (χ2v) is 3.98. The maximum Gasteiger partial charge on any atom is 0.153 e. The zero-order valence-corrected chi connectivity index (χ0v) is 9.56. The molecule has 4 heteroatoms. The second kappa shape index (κ2) is 5.10. The Labute approximate surface area is 85.9 Å². The highest BCUT2D eigenvalue weighted by molar-refractivity contribution is 4.90. The third-order valence-electron chi connectivity index (χ3n) is 2.38. The fraction of sp³-hybridized carbons (Fsp3) is 0.800. The second-order valence-electron chi connectivity index (χ2n) is 3.98. The van der Waals surface area contributed by atoms with E-state index in [4.69, 9.17) is 0 Å². The van der Waals surface area contributed by atoms with E-state index in [0.29, 0.717) is 5.92 Å². The summed E-state index contributed by atoms with van der Waals surface area (Å²) < 4.78 is 1.92. The maximum atomic E-state index is 4.43. The Balaban J connectivity index is 2.50. The van der Waals surface area contributed by atoms with Crippen LogP contribution >= 0.6 is 0 Å². The molecule has 80 valence electrons. The summed E-state index contributed by atoms with van der Waals surface area (Å²) in [5.74, 6) is 1.43. The molecule has 1 aromatic rings. The molecule has 4 nitrogen and oxygen atoms in total. The van der Waals surface area contributed by atoms with Crippen molar-refractivity contribution in [2.45, 2.75) is 32.7 Å². The lowest BCUT2D eigenvalue weighted by molar-refractivity contribution is 0.372. The van der Waals surface area contributed by atoms with Gasteiger partial charge in [-0.25, -0.2) is 4.98 Å². The lowest BCUT2D eigenvalue weighted by Crippen LogP contribution is -2.18. The average molecular weight is 196 g/mol. The zero-order valence-electron chi connectivity index (χ0n) is 9.56. The third kappa shape index (κ3) is 3.10. The Bertz CT molecular complexity index is 267. The van der Waals surface area contributed by atoms with Gasteiger partial charge < -0.3 is 4.90 Å². The highest BCUT2D eigenvalue weighted by Gasteiger charge is 2.07. The molecular formula is C10H20N4. The molecule has 0 spiro atoms. The van der Waals surface area contributed by atoms with Crippen LogP contribution in [0.5, 0.6) is 0 Å². The highest BCUT2D eigenvalue weighted by Crippen LogP contribution is 2.12. The van der Waals surface area contributed by atoms with E-state index < -0.39 is 0 Å². The van der Waals surface area contributed by atoms with Gasteiger partial charge in [-0.05, 0) is 20.5 Å². The number of hydrogen-bond donors (Lipinski definition) is 0. The summed E-state index contributed by atoms with van der Waals surface area (Å²) in [4.78, 5) is 6.44. The zero-order chi connectivity index (χ0) is 10.6. The van der Waals surface area contributed by atoms with E-state index in [-0.39, 0.29) is 0 Å². The minimum absolute atomic E-state index is 0.468. The summed E-state index contributed by atoms with van der Waals surface area (Å²) in [5.41, 5.74) is 0. The number of aromatic nitrogens is 3. The standard InChI is InChI=1S/C10H20N4/c1-5-9(2)10-11-8-14(12-10)7-6-13(3)4/h8-9H,5-7H2,1-4H3. The molecule has 1 atom stereocenters. The fourth-order valence-electron chi connectivity index (χ4n) is 1.13. The molecule has 1 unspecified atom stereocenters. The Morgan fingerprint density at radius 2 is 2.21 bits per heavy atom. The van der Waals surface area contributed by atoms with Crippen LogP contribution in [0.1, 0.15) is 32.0 Å². The lowest BCUT2D eigenvalue weighted by atomic mass is 10.1. The summed E-state index contributed by atoms with van der Waals surface area (Å²) in [7, 11) is 4.12. The van der Waals surface area contributed by atoms with Gasteiger partial charge >= 0.3 is 0 Å². The van der Waals surface area contributed by atoms with Gasteiger partial charge in [-0.2, -0.15) is 5.10 Å². The molecular weight excluding hydrogens is 176 g/mol. The third-order valence-corrected chi connectivity index (χ3v) is 2.38. The minimum Gasteiger partial charge on any atom is -0.308 e. The maximum absolute atomic E-state index is 4.43. The summed E-state index contributed by atoms with van der Waals surface area (Å²) in [5, 5.41) is 4.43. The Morgan fingerprint density at radius 1 is 1.50 bits per heavy atom. The number of likely N-dealkylation sites (N-methyl/N-ethyl adjacent to an activating group) is 1. The topological polar surface area (TPSA) is 34.0 Å². The van der Waals surface area contributed by atoms with Crippen LogP contribution in [0, 0.1) is 0 Å². The van der Waals surface area contributed by atoms with E-state index in [2.05, 4.69) is 42.9 Å². The Kier molecular flexibility index (Phi) is 4.07. The number of hydrogen-bond acceptors (Lipinski definition) is 3. The van der Waals surface area contributed by atoms with Gasteiger partial charge in [0.25, 0.3) is 0 Å². The van der Waals surface area contributed by atoms with Gasteiger partial charge in [0.2, 0.25) is 0 Å². The van der Waals surface area contributed by atoms with E-state index in [1.165, 1.54) is 0 Å². The first kappa shape index (κ1) is 11.2. The van der Waals surface area contributed by atoms with Gasteiger partial charge in [0.05, 0.1) is 6.54 Å². The summed E-state index contributed by atoms with van der Waals surface area (Å²) >= 11 is 0. The molecule has 0 amide bonds. The van der Waals surface area contributed by atoms with Gasteiger partial charge in [-0.15, -0.1) is 0 Å². The molecule has 0 saturated heterocycles. The SMILES string of the molecule is CCC(C)c1ncn(CCN(C)C)n1. The minimum atomic E-state index is 0.468. The number of rotatable bonds is 5. The van der Waals surface area contributed by atoms with Crippen LogP contribution in [0.3, 0.4) is 0 Å². The molecule has 0 fully saturated rings. The monoisotopic (exact) mass is 196 g/mol. The van der Waals surface area contributed by atoms with Gasteiger partial charge in [0.1, 0.15) is 6.33 Å². The first-order valence-electron chi connectivity index (χ1n) is 5.17. The molecule has 0 radical (unpaired) electrons. The Hall–Kier alpha value is -0.900. The van der Waals surface area contributed by atoms with Crippen molar-refractivity contribution in [2.24, 2.45) is 0 Å². The Morgan fingerprint density at radius 3 is 2.79 bits per heavy atom. The summed E-state index contributed by atoms with van der Waals surface area (Å²) in [6.45, 7) is 6.23. The first-order chi connectivity index (χ1) is 6.63. The largest absolute Gasteiger partial charge is 0.308 e. The predicted octanol–water partition coefficient (Wildman–Crippen LogP) is 1.35. The van der Waals surface area contributed by atoms with Crippen LogP contribution in [0.25, 0.3) is 0 Å². The van der Waals surface area contributed by atoms with Crippen LogP contribution in [0.4, 0.5) is 0 Å². The quantitative estimate of drug-likeness (QED) is 0.713. The molecule has 1 aromatic heterocycles. The van der Waals surface area contributed by atoms with Gasteiger partial charge in [-0.1, -0.05) is 13.8 Å². The molecule has 0 aliphatic heterocycles. The summed E-state index contributed by atoms with van der Waals surface area (Å²) in [6, 6.07) is 0. The van der Waals surface area contributed by atoms with Crippen LogP contribution in [-0.4, -0.2) is 40.3 Å². The van der Waals surface area contributed by atoms with E-state index in [0.717, 1.165) is 25.3 Å². The van der Waals surface area contributed by atoms with Crippen LogP contribution in [-0.2, 0) is 6.54 Å². The summed E-state index contributed by atoms with van der Waals surface area (Å²) in [6.07, 6.45) is 2.92. The molecule has 0 saturated carbocycles. The molecule has 1 heterocycles. The van der Waals surface area contributed by atoms with Gasteiger partial charge in [0, 0.05) is 12.5 Å². The van der Waals surface area contributed by atoms with E-state index in [1.54, 1.807) is 0 Å². The van der Waals surface area contributed by atoms with Gasteiger partial charge in [-0.3, -0.25) is 4.68 Å². The van der Waals surface area contributed by atoms with Crippen LogP contribution in [0.2, 0.25) is 0 Å². The molecule has 14 heavy (non-hydrogen) atoms. The van der Waals surface area contributed by atoms with Crippen molar-refractivity contribution in [1.29, 1.82) is 0 Å². The van der Waals surface area contributed by atoms with E-state index in [9.17, 15) is 0 Å². The van der Waals surface area contributed by atoms with E-state index >= 15 is 0 Å². The molecule has 1 rings (SSSR count). The average Bonchev–Trinajstić information content (AvgIpc) is 2.62. The van der Waals surface area contributed by atoms with Gasteiger partial charge in [0.15, 0.2) is 5.82 Å². The van der Waals surface area contributed by atoms with Crippen molar-refractivity contribution in [3.63, 3.8) is 0 Å². The van der Waals surface area contributed by atoms with Crippen LogP contribution < -0.4 is 0 Å². The predicted molar refractivity (Wildman–Crippen MR) is 57.3 cm³/mol. The van der Waals surface area contributed by atoms with Crippen molar-refractivity contribution in [3.05, 3.63) is 12.2 Å². The van der Waals surface area contributed by atoms with Crippen molar-refractivity contribution in [1.82, 2.24) is 19.7 Å². The van der Waals surface area contributed by atoms with Crippen LogP contribution in [0.15, 0.2) is 6.33 Å². The highest BCUT2D eigenvalue weighted by atomic mass is 15.3. The molecule has 0 N–H and O–H groups in total. The normalized spacial score (nSPS) is 13.5. The molecule has 0 aliphatic carbocycles.